The zero-order valence-corrected chi connectivity index (χ0v) is 19.1. The van der Waals surface area contributed by atoms with E-state index in [4.69, 9.17) is 0 Å². The highest BCUT2D eigenvalue weighted by atomic mass is 32.2. The van der Waals surface area contributed by atoms with Gasteiger partial charge in [0.2, 0.25) is 0 Å². The second kappa shape index (κ2) is 8.87. The van der Waals surface area contributed by atoms with Crippen LogP contribution in [0.1, 0.15) is 18.0 Å². The monoisotopic (exact) mass is 531 g/mol. The molecule has 1 atom stereocenters. The molecule has 1 aliphatic rings. The SMILES string of the molecule is CS(=O)(=O)c1ccc(-c2cccc(N3N=C(C(F)(F)C(F)(F)F)CC3c3ccc(F)cc3F)c2)cn1. The maximum Gasteiger partial charge on any atom is 0.459 e. The first-order valence-electron chi connectivity index (χ1n) is 10.2. The van der Waals surface area contributed by atoms with Gasteiger partial charge in [0.15, 0.2) is 14.9 Å². The summed E-state index contributed by atoms with van der Waals surface area (Å²) in [7, 11) is -3.56. The van der Waals surface area contributed by atoms with Gasteiger partial charge in [0.1, 0.15) is 17.3 Å². The molecular weight excluding hydrogens is 515 g/mol. The molecule has 3 aromatic rings. The Morgan fingerprint density at radius 2 is 1.67 bits per heavy atom. The Hall–Kier alpha value is -3.48. The number of benzene rings is 2. The van der Waals surface area contributed by atoms with E-state index in [0.717, 1.165) is 23.4 Å². The molecule has 36 heavy (non-hydrogen) atoms. The molecule has 1 aliphatic heterocycles. The summed E-state index contributed by atoms with van der Waals surface area (Å²) in [4.78, 5) is 3.87. The summed E-state index contributed by atoms with van der Waals surface area (Å²) in [6, 6.07) is 9.39. The zero-order valence-electron chi connectivity index (χ0n) is 18.3. The number of anilines is 1. The number of pyridine rings is 1. The van der Waals surface area contributed by atoms with Crippen molar-refractivity contribution in [2.75, 3.05) is 11.3 Å². The molecule has 5 nitrogen and oxygen atoms in total. The number of halogens is 7. The highest BCUT2D eigenvalue weighted by molar-refractivity contribution is 7.90. The van der Waals surface area contributed by atoms with Crippen molar-refractivity contribution in [2.24, 2.45) is 5.10 Å². The van der Waals surface area contributed by atoms with Gasteiger partial charge in [-0.1, -0.05) is 18.2 Å². The van der Waals surface area contributed by atoms with Crippen LogP contribution in [0.25, 0.3) is 11.1 Å². The van der Waals surface area contributed by atoms with E-state index in [0.29, 0.717) is 17.2 Å². The minimum absolute atomic E-state index is 0.0430. The van der Waals surface area contributed by atoms with Gasteiger partial charge >= 0.3 is 12.1 Å². The molecule has 0 saturated heterocycles. The van der Waals surface area contributed by atoms with Crippen molar-refractivity contribution in [3.8, 4) is 11.1 Å². The maximum atomic E-state index is 14.5. The fourth-order valence-corrected chi connectivity index (χ4v) is 4.27. The fourth-order valence-electron chi connectivity index (χ4n) is 3.71. The molecule has 0 radical (unpaired) electrons. The topological polar surface area (TPSA) is 62.6 Å². The molecule has 0 N–H and O–H groups in total. The molecule has 0 aliphatic carbocycles. The second-order valence-electron chi connectivity index (χ2n) is 8.06. The van der Waals surface area contributed by atoms with E-state index in [2.05, 4.69) is 10.1 Å². The maximum absolute atomic E-state index is 14.5. The average molecular weight is 531 g/mol. The van der Waals surface area contributed by atoms with Crippen molar-refractivity contribution in [3.05, 3.63) is 78.0 Å². The van der Waals surface area contributed by atoms with Crippen LogP contribution in [0.4, 0.5) is 36.4 Å². The Balaban J connectivity index is 1.79. The highest BCUT2D eigenvalue weighted by Gasteiger charge is 2.63. The zero-order chi connectivity index (χ0) is 26.5. The molecule has 0 bridgehead atoms. The Labute approximate surface area is 200 Å². The van der Waals surface area contributed by atoms with Crippen molar-refractivity contribution in [3.63, 3.8) is 0 Å². The quantitative estimate of drug-likeness (QED) is 0.383. The first-order valence-corrected chi connectivity index (χ1v) is 12.1. The van der Waals surface area contributed by atoms with Gasteiger partial charge in [0, 0.05) is 36.1 Å². The fraction of sp³-hybridized carbons (Fsp3) is 0.217. The Morgan fingerprint density at radius 3 is 2.25 bits per heavy atom. The predicted molar refractivity (Wildman–Crippen MR) is 117 cm³/mol. The van der Waals surface area contributed by atoms with Crippen LogP contribution >= 0.6 is 0 Å². The normalized spacial score (nSPS) is 16.8. The first kappa shape index (κ1) is 25.6. The molecule has 4 rings (SSSR count). The van der Waals surface area contributed by atoms with E-state index >= 15 is 0 Å². The van der Waals surface area contributed by atoms with Gasteiger partial charge in [-0.15, -0.1) is 0 Å². The minimum Gasteiger partial charge on any atom is -0.257 e. The largest absolute Gasteiger partial charge is 0.459 e. The lowest BCUT2D eigenvalue weighted by Crippen LogP contribution is -2.43. The number of sulfone groups is 1. The standard InChI is InChI=1S/C23H16F7N3O2S/c1-36(34,35)21-8-5-14(12-31-21)13-3-2-4-16(9-13)33-19(17-7-6-15(24)10-18(17)25)11-20(32-33)22(26,27)23(28,29)30/h2-10,12,19H,11H2,1H3. The average Bonchev–Trinajstić information content (AvgIpc) is 3.24. The van der Waals surface area contributed by atoms with Crippen LogP contribution < -0.4 is 5.01 Å². The number of aromatic nitrogens is 1. The molecule has 2 heterocycles. The lowest BCUT2D eigenvalue weighted by atomic mass is 9.98. The molecule has 0 amide bonds. The predicted octanol–water partition coefficient (Wildman–Crippen LogP) is 5.94. The number of hydrogen-bond acceptors (Lipinski definition) is 5. The van der Waals surface area contributed by atoms with Crippen LogP contribution in [0, 0.1) is 11.6 Å². The Kier molecular flexibility index (Phi) is 6.31. The molecule has 0 spiro atoms. The van der Waals surface area contributed by atoms with E-state index in [1.54, 1.807) is 6.07 Å². The second-order valence-corrected chi connectivity index (χ2v) is 10.0. The van der Waals surface area contributed by atoms with Gasteiger partial charge in [-0.3, -0.25) is 5.01 Å². The number of hydrazone groups is 1. The smallest absolute Gasteiger partial charge is 0.257 e. The van der Waals surface area contributed by atoms with Gasteiger partial charge in [-0.25, -0.2) is 22.2 Å². The van der Waals surface area contributed by atoms with Gasteiger partial charge < -0.3 is 0 Å². The molecule has 190 valence electrons. The molecular formula is C23H16F7N3O2S. The van der Waals surface area contributed by atoms with Crippen LogP contribution in [0.15, 0.2) is 70.9 Å². The highest BCUT2D eigenvalue weighted by Crippen LogP contribution is 2.45. The van der Waals surface area contributed by atoms with Crippen molar-refractivity contribution < 1.29 is 39.2 Å². The van der Waals surface area contributed by atoms with E-state index in [1.807, 2.05) is 0 Å². The number of hydrogen-bond donors (Lipinski definition) is 0. The van der Waals surface area contributed by atoms with Crippen LogP contribution in [0.2, 0.25) is 0 Å². The van der Waals surface area contributed by atoms with Crippen molar-refractivity contribution >= 4 is 21.2 Å². The minimum atomic E-state index is -5.93. The molecule has 1 aromatic heterocycles. The molecule has 0 saturated carbocycles. The summed E-state index contributed by atoms with van der Waals surface area (Å²) < 4.78 is 119. The molecule has 0 fully saturated rings. The van der Waals surface area contributed by atoms with Crippen LogP contribution in [-0.2, 0) is 9.84 Å². The summed E-state index contributed by atoms with van der Waals surface area (Å²) >= 11 is 0. The number of alkyl halides is 5. The first-order chi connectivity index (χ1) is 16.7. The van der Waals surface area contributed by atoms with Gasteiger partial charge in [0.25, 0.3) is 0 Å². The van der Waals surface area contributed by atoms with Crippen LogP contribution in [-0.4, -0.2) is 37.5 Å². The number of rotatable bonds is 5. The molecule has 13 heteroatoms. The Morgan fingerprint density at radius 1 is 0.944 bits per heavy atom. The van der Waals surface area contributed by atoms with Crippen molar-refractivity contribution in [1.29, 1.82) is 0 Å². The van der Waals surface area contributed by atoms with E-state index in [9.17, 15) is 39.2 Å². The summed E-state index contributed by atoms with van der Waals surface area (Å²) in [5, 5.41) is 4.17. The van der Waals surface area contributed by atoms with Crippen LogP contribution in [0.5, 0.6) is 0 Å². The summed E-state index contributed by atoms with van der Waals surface area (Å²) in [6.07, 6.45) is -4.67. The summed E-state index contributed by atoms with van der Waals surface area (Å²) in [6.45, 7) is 0. The summed E-state index contributed by atoms with van der Waals surface area (Å²) in [5.74, 6) is -7.36. The lowest BCUT2D eigenvalue weighted by Gasteiger charge is -2.25. The molecule has 2 aromatic carbocycles. The third-order valence-electron chi connectivity index (χ3n) is 5.51. The third kappa shape index (κ3) is 4.79. The van der Waals surface area contributed by atoms with E-state index < -0.39 is 51.7 Å². The summed E-state index contributed by atoms with van der Waals surface area (Å²) in [5.41, 5.74) is -0.977. The Bertz CT molecular complexity index is 1440. The van der Waals surface area contributed by atoms with Gasteiger partial charge in [-0.05, 0) is 35.9 Å². The third-order valence-corrected chi connectivity index (χ3v) is 6.51. The van der Waals surface area contributed by atoms with E-state index in [-0.39, 0.29) is 16.3 Å². The van der Waals surface area contributed by atoms with Crippen molar-refractivity contribution in [1.82, 2.24) is 4.98 Å². The van der Waals surface area contributed by atoms with Crippen LogP contribution in [0.3, 0.4) is 0 Å². The van der Waals surface area contributed by atoms with Gasteiger partial charge in [-0.2, -0.15) is 27.1 Å². The van der Waals surface area contributed by atoms with Gasteiger partial charge in [0.05, 0.1) is 11.7 Å². The van der Waals surface area contributed by atoms with Crippen molar-refractivity contribution in [2.45, 2.75) is 29.6 Å². The van der Waals surface area contributed by atoms with E-state index in [1.165, 1.54) is 36.5 Å². The number of nitrogens with zero attached hydrogens (tertiary/aromatic N) is 3. The molecule has 1 unspecified atom stereocenters. The lowest BCUT2D eigenvalue weighted by molar-refractivity contribution is -0.249.